The quantitative estimate of drug-likeness (QED) is 0.111. The molecule has 0 aromatic carbocycles. The molecule has 0 heterocycles. The summed E-state index contributed by atoms with van der Waals surface area (Å²) in [6.45, 7) is 7.52. The van der Waals surface area contributed by atoms with Gasteiger partial charge in [-0.05, 0) is 51.6 Å². The molecule has 4 unspecified atom stereocenters. The van der Waals surface area contributed by atoms with E-state index in [4.69, 9.17) is 14.2 Å². The van der Waals surface area contributed by atoms with Crippen molar-refractivity contribution in [2.75, 3.05) is 47.6 Å². The van der Waals surface area contributed by atoms with Crippen molar-refractivity contribution in [3.63, 3.8) is 0 Å². The van der Waals surface area contributed by atoms with Gasteiger partial charge in [0, 0.05) is 13.2 Å². The van der Waals surface area contributed by atoms with Gasteiger partial charge >= 0.3 is 5.97 Å². The van der Waals surface area contributed by atoms with Crippen molar-refractivity contribution in [3.05, 3.63) is 0 Å². The van der Waals surface area contributed by atoms with E-state index < -0.39 is 0 Å². The van der Waals surface area contributed by atoms with Gasteiger partial charge < -0.3 is 19.1 Å². The van der Waals surface area contributed by atoms with Crippen molar-refractivity contribution in [2.45, 2.75) is 116 Å². The molecule has 0 spiro atoms. The second-order valence-electron chi connectivity index (χ2n) is 10.7. The monoisotopic (exact) mass is 483 g/mol. The number of nitrogens with zero attached hydrogens (tertiary/aromatic N) is 1. The summed E-state index contributed by atoms with van der Waals surface area (Å²) in [5.41, 5.74) is 0. The number of carbonyl (C=O) groups excluding carboxylic acids is 1. The largest absolute Gasteiger partial charge is 0.469 e. The summed E-state index contributed by atoms with van der Waals surface area (Å²) in [5.74, 6) is 1.39. The van der Waals surface area contributed by atoms with Crippen LogP contribution in [-0.4, -0.2) is 64.5 Å². The van der Waals surface area contributed by atoms with Crippen molar-refractivity contribution in [3.8, 4) is 0 Å². The molecule has 0 aliphatic heterocycles. The van der Waals surface area contributed by atoms with Crippen LogP contribution in [0.3, 0.4) is 0 Å². The van der Waals surface area contributed by atoms with E-state index in [9.17, 15) is 4.79 Å². The van der Waals surface area contributed by atoms with Crippen LogP contribution in [0.1, 0.15) is 110 Å². The lowest BCUT2D eigenvalue weighted by Gasteiger charge is -2.24. The molecule has 0 aromatic heterocycles. The van der Waals surface area contributed by atoms with Crippen LogP contribution in [0.25, 0.3) is 0 Å². The van der Waals surface area contributed by atoms with E-state index >= 15 is 0 Å². The third-order valence-corrected chi connectivity index (χ3v) is 7.47. The summed E-state index contributed by atoms with van der Waals surface area (Å²) in [6, 6.07) is 0.295. The van der Waals surface area contributed by atoms with Crippen molar-refractivity contribution < 1.29 is 19.0 Å². The Labute approximate surface area is 211 Å². The van der Waals surface area contributed by atoms with Crippen LogP contribution in [0.2, 0.25) is 0 Å². The third kappa shape index (κ3) is 14.7. The number of unbranched alkanes of at least 4 members (excludes halogenated alkanes) is 9. The summed E-state index contributed by atoms with van der Waals surface area (Å²) in [7, 11) is 5.72. The van der Waals surface area contributed by atoms with Gasteiger partial charge in [-0.3, -0.25) is 4.79 Å². The molecule has 0 aromatic rings. The highest BCUT2D eigenvalue weighted by atomic mass is 16.5. The van der Waals surface area contributed by atoms with Gasteiger partial charge in [0.15, 0.2) is 0 Å². The summed E-state index contributed by atoms with van der Waals surface area (Å²) in [6.07, 6.45) is 18.5. The molecule has 0 N–H and O–H groups in total. The number of methoxy groups -OCH3 is 1. The van der Waals surface area contributed by atoms with Gasteiger partial charge in [-0.2, -0.15) is 0 Å². The number of likely N-dealkylation sites (N-methyl/N-ethyl adjacent to an activating group) is 1. The minimum atomic E-state index is 0.000112. The third-order valence-electron chi connectivity index (χ3n) is 7.47. The molecule has 5 heteroatoms. The summed E-state index contributed by atoms with van der Waals surface area (Å²) in [4.78, 5) is 14.6. The number of rotatable bonds is 24. The van der Waals surface area contributed by atoms with E-state index in [1.54, 1.807) is 0 Å². The maximum atomic E-state index is 12.4. The Bertz CT molecular complexity index is 485. The summed E-state index contributed by atoms with van der Waals surface area (Å²) in [5, 5.41) is 0. The van der Waals surface area contributed by atoms with E-state index in [1.165, 1.54) is 77.7 Å². The predicted molar refractivity (Wildman–Crippen MR) is 142 cm³/mol. The Morgan fingerprint density at radius 1 is 0.824 bits per heavy atom. The molecular weight excluding hydrogens is 426 g/mol. The number of hydrogen-bond donors (Lipinski definition) is 0. The maximum absolute atomic E-state index is 12.4. The van der Waals surface area contributed by atoms with E-state index in [0.29, 0.717) is 18.6 Å². The molecule has 202 valence electrons. The highest BCUT2D eigenvalue weighted by Crippen LogP contribution is 2.49. The van der Waals surface area contributed by atoms with Gasteiger partial charge in [0.25, 0.3) is 0 Å². The molecule has 1 aliphatic rings. The summed E-state index contributed by atoms with van der Waals surface area (Å²) < 4.78 is 17.0. The lowest BCUT2D eigenvalue weighted by atomic mass is 9.94. The van der Waals surface area contributed by atoms with E-state index in [-0.39, 0.29) is 11.9 Å². The van der Waals surface area contributed by atoms with Gasteiger partial charge in [-0.15, -0.1) is 0 Å². The van der Waals surface area contributed by atoms with Crippen LogP contribution < -0.4 is 0 Å². The Morgan fingerprint density at radius 3 is 1.97 bits per heavy atom. The minimum Gasteiger partial charge on any atom is -0.469 e. The summed E-state index contributed by atoms with van der Waals surface area (Å²) >= 11 is 0. The van der Waals surface area contributed by atoms with E-state index in [2.05, 4.69) is 32.8 Å². The van der Waals surface area contributed by atoms with Crippen molar-refractivity contribution in [2.24, 2.45) is 17.8 Å². The maximum Gasteiger partial charge on any atom is 0.308 e. The molecule has 34 heavy (non-hydrogen) atoms. The van der Waals surface area contributed by atoms with Gasteiger partial charge in [0.2, 0.25) is 0 Å². The fourth-order valence-corrected chi connectivity index (χ4v) is 4.92. The van der Waals surface area contributed by atoms with Crippen molar-refractivity contribution >= 4 is 5.97 Å². The highest BCUT2D eigenvalue weighted by Gasteiger charge is 2.45. The second-order valence-corrected chi connectivity index (χ2v) is 10.7. The topological polar surface area (TPSA) is 48.0 Å². The molecule has 1 rings (SSSR count). The van der Waals surface area contributed by atoms with Crippen molar-refractivity contribution in [1.82, 2.24) is 4.90 Å². The lowest BCUT2D eigenvalue weighted by molar-refractivity contribution is -0.146. The Hall–Kier alpha value is -0.650. The first kappa shape index (κ1) is 31.4. The van der Waals surface area contributed by atoms with Gasteiger partial charge in [0.1, 0.15) is 0 Å². The Morgan fingerprint density at radius 2 is 1.38 bits per heavy atom. The zero-order valence-electron chi connectivity index (χ0n) is 23.3. The number of esters is 1. The van der Waals surface area contributed by atoms with Crippen LogP contribution in [0.5, 0.6) is 0 Å². The standard InChI is InChI=1S/C29H57NO4/c1-6-8-10-12-13-14-18-25-22-28(25)27(29(31)32-5)19-15-17-21-34-24-26(30(3)4)23-33-20-16-11-9-7-2/h25-28H,6-24H2,1-5H3. The van der Waals surface area contributed by atoms with Crippen LogP contribution in [0.4, 0.5) is 0 Å². The molecule has 0 bridgehead atoms. The van der Waals surface area contributed by atoms with Crippen LogP contribution >= 0.6 is 0 Å². The average Bonchev–Trinajstić information content (AvgIpc) is 3.59. The highest BCUT2D eigenvalue weighted by molar-refractivity contribution is 5.73. The SMILES string of the molecule is CCCCCCCCC1CC1C(CCCCOCC(COCCCCCC)N(C)C)C(=O)OC. The van der Waals surface area contributed by atoms with Gasteiger partial charge in [-0.1, -0.05) is 84.5 Å². The molecule has 0 amide bonds. The Kier molecular flexibility index (Phi) is 19.0. The smallest absolute Gasteiger partial charge is 0.308 e. The first-order valence-corrected chi connectivity index (χ1v) is 14.4. The zero-order valence-corrected chi connectivity index (χ0v) is 23.3. The first-order valence-electron chi connectivity index (χ1n) is 14.4. The fraction of sp³-hybridized carbons (Fsp3) is 0.966. The van der Waals surface area contributed by atoms with Gasteiger partial charge in [-0.25, -0.2) is 0 Å². The number of hydrogen-bond acceptors (Lipinski definition) is 5. The molecule has 0 radical (unpaired) electrons. The average molecular weight is 484 g/mol. The number of carbonyl (C=O) groups is 1. The van der Waals surface area contributed by atoms with Gasteiger partial charge in [0.05, 0.1) is 32.3 Å². The lowest BCUT2D eigenvalue weighted by Crippen LogP contribution is -2.37. The molecule has 1 aliphatic carbocycles. The molecule has 4 atom stereocenters. The van der Waals surface area contributed by atoms with E-state index in [0.717, 1.165) is 51.4 Å². The predicted octanol–water partition coefficient (Wildman–Crippen LogP) is 6.88. The molecule has 5 nitrogen and oxygen atoms in total. The van der Waals surface area contributed by atoms with Crippen LogP contribution in [0.15, 0.2) is 0 Å². The normalized spacial score (nSPS) is 19.4. The Balaban J connectivity index is 2.17. The molecular formula is C29H57NO4. The molecule has 1 fully saturated rings. The number of ether oxygens (including phenoxy) is 3. The van der Waals surface area contributed by atoms with Crippen molar-refractivity contribution in [1.29, 1.82) is 0 Å². The first-order chi connectivity index (χ1) is 16.5. The van der Waals surface area contributed by atoms with Crippen LogP contribution in [0, 0.1) is 17.8 Å². The van der Waals surface area contributed by atoms with E-state index in [1.807, 2.05) is 0 Å². The van der Waals surface area contributed by atoms with Crippen LogP contribution in [-0.2, 0) is 19.0 Å². The second kappa shape index (κ2) is 20.5. The molecule has 0 saturated heterocycles. The fourth-order valence-electron chi connectivity index (χ4n) is 4.92. The minimum absolute atomic E-state index is 0.000112. The zero-order chi connectivity index (χ0) is 25.0. The molecule has 1 saturated carbocycles.